The summed E-state index contributed by atoms with van der Waals surface area (Å²) in [4.78, 5) is 15.7. The van der Waals surface area contributed by atoms with Gasteiger partial charge in [-0.3, -0.25) is 0 Å². The Hall–Kier alpha value is -4.64. The van der Waals surface area contributed by atoms with E-state index in [-0.39, 0.29) is 5.75 Å². The maximum Gasteiger partial charge on any atom is 0.306 e. The molecule has 0 saturated carbocycles. The van der Waals surface area contributed by atoms with Crippen LogP contribution in [0.3, 0.4) is 0 Å². The van der Waals surface area contributed by atoms with Crippen molar-refractivity contribution >= 4 is 55.9 Å². The van der Waals surface area contributed by atoms with Gasteiger partial charge in [0.05, 0.1) is 17.3 Å². The molecule has 10 nitrogen and oxygen atoms in total. The Morgan fingerprint density at radius 2 is 1.62 bits per heavy atom. The van der Waals surface area contributed by atoms with Crippen molar-refractivity contribution in [2.45, 2.75) is 0 Å². The van der Waals surface area contributed by atoms with Crippen LogP contribution in [0.4, 0.5) is 34.8 Å². The van der Waals surface area contributed by atoms with Crippen LogP contribution in [0.1, 0.15) is 0 Å². The fourth-order valence-corrected chi connectivity index (χ4v) is 4.25. The lowest BCUT2D eigenvalue weighted by atomic mass is 10.2. The highest BCUT2D eigenvalue weighted by Crippen LogP contribution is 2.29. The van der Waals surface area contributed by atoms with Gasteiger partial charge in [0.1, 0.15) is 11.6 Å². The van der Waals surface area contributed by atoms with Gasteiger partial charge in [0.15, 0.2) is 0 Å². The third kappa shape index (κ3) is 5.62. The highest BCUT2D eigenvalue weighted by atomic mass is 32.2. The average Bonchev–Trinajstić information content (AvgIpc) is 3.19. The Kier molecular flexibility index (Phi) is 6.36. The molecular weight excluding hydrogens is 490 g/mol. The molecule has 0 amide bonds. The first-order chi connectivity index (χ1) is 17.7. The van der Waals surface area contributed by atoms with Gasteiger partial charge in [-0.25, -0.2) is 9.97 Å². The number of imidazole rings is 1. The number of anilines is 6. The molecular formula is C26H25N7O3S. The van der Waals surface area contributed by atoms with E-state index in [4.69, 9.17) is 9.17 Å². The van der Waals surface area contributed by atoms with Gasteiger partial charge in [0.25, 0.3) is 0 Å². The number of fused-ring (bicyclic) bond motifs is 1. The SMILES string of the molecule is CN(c1ccc2c(c1)nc(Nc1ccccc1)n2C)c1ccnc(Nc2ccc(OS(C)(=O)=O)cc2)n1. The van der Waals surface area contributed by atoms with Crippen LogP contribution in [0.5, 0.6) is 5.75 Å². The van der Waals surface area contributed by atoms with Gasteiger partial charge in [-0.2, -0.15) is 13.4 Å². The minimum absolute atomic E-state index is 0.231. The smallest absolute Gasteiger partial charge is 0.306 e. The molecule has 5 rings (SSSR count). The normalized spacial score (nSPS) is 11.3. The predicted octanol–water partition coefficient (Wildman–Crippen LogP) is 4.96. The Morgan fingerprint density at radius 1 is 0.892 bits per heavy atom. The van der Waals surface area contributed by atoms with E-state index in [2.05, 4.69) is 20.6 Å². The second-order valence-electron chi connectivity index (χ2n) is 8.39. The lowest BCUT2D eigenvalue weighted by Gasteiger charge is -2.19. The number of hydrogen-bond acceptors (Lipinski definition) is 9. The lowest BCUT2D eigenvalue weighted by Crippen LogP contribution is -2.12. The molecule has 0 aliphatic carbocycles. The van der Waals surface area contributed by atoms with E-state index >= 15 is 0 Å². The standard InChI is InChI=1S/C26H25N7O3S/c1-32(20-11-14-23-22(17-20)30-26(33(23)2)29-18-7-5-4-6-8-18)24-15-16-27-25(31-24)28-19-9-12-21(13-10-19)36-37(3,34)35/h4-17H,1-3H3,(H,29,30)(H,27,28,31). The summed E-state index contributed by atoms with van der Waals surface area (Å²) in [6.45, 7) is 0. The van der Waals surface area contributed by atoms with Crippen molar-refractivity contribution in [3.8, 4) is 5.75 Å². The highest BCUT2D eigenvalue weighted by molar-refractivity contribution is 7.86. The number of nitrogens with zero attached hydrogens (tertiary/aromatic N) is 5. The number of nitrogens with one attached hydrogen (secondary N) is 2. The first-order valence-electron chi connectivity index (χ1n) is 11.4. The fourth-order valence-electron chi connectivity index (χ4n) is 3.79. The molecule has 0 spiro atoms. The van der Waals surface area contributed by atoms with Crippen LogP contribution in [0.15, 0.2) is 85.1 Å². The topological polar surface area (TPSA) is 114 Å². The van der Waals surface area contributed by atoms with E-state index in [1.807, 2.05) is 78.2 Å². The van der Waals surface area contributed by atoms with Crippen LogP contribution in [-0.2, 0) is 17.2 Å². The maximum atomic E-state index is 11.3. The minimum Gasteiger partial charge on any atom is -0.383 e. The second kappa shape index (κ2) is 9.78. The molecule has 0 aliphatic heterocycles. The van der Waals surface area contributed by atoms with E-state index in [0.29, 0.717) is 17.5 Å². The Labute approximate surface area is 214 Å². The molecule has 0 bridgehead atoms. The number of aromatic nitrogens is 4. The Balaban J connectivity index is 1.34. The second-order valence-corrected chi connectivity index (χ2v) is 9.97. The number of hydrogen-bond donors (Lipinski definition) is 2. The molecule has 2 heterocycles. The lowest BCUT2D eigenvalue weighted by molar-refractivity contribution is 0.493. The maximum absolute atomic E-state index is 11.3. The van der Waals surface area contributed by atoms with E-state index < -0.39 is 10.1 Å². The van der Waals surface area contributed by atoms with Crippen molar-refractivity contribution in [2.24, 2.45) is 7.05 Å². The predicted molar refractivity (Wildman–Crippen MR) is 146 cm³/mol. The zero-order valence-electron chi connectivity index (χ0n) is 20.5. The first-order valence-corrected chi connectivity index (χ1v) is 13.2. The molecule has 0 aliphatic rings. The van der Waals surface area contributed by atoms with Crippen LogP contribution in [0, 0.1) is 0 Å². The van der Waals surface area contributed by atoms with Crippen LogP contribution in [0.25, 0.3) is 11.0 Å². The number of para-hydroxylation sites is 1. The molecule has 0 saturated heterocycles. The summed E-state index contributed by atoms with van der Waals surface area (Å²) in [5, 5.41) is 6.49. The van der Waals surface area contributed by atoms with Crippen molar-refractivity contribution in [3.05, 3.63) is 85.1 Å². The van der Waals surface area contributed by atoms with Crippen LogP contribution >= 0.6 is 0 Å². The molecule has 0 radical (unpaired) electrons. The molecule has 37 heavy (non-hydrogen) atoms. The van der Waals surface area contributed by atoms with E-state index in [0.717, 1.165) is 34.6 Å². The average molecular weight is 516 g/mol. The van der Waals surface area contributed by atoms with E-state index in [1.54, 1.807) is 30.5 Å². The summed E-state index contributed by atoms with van der Waals surface area (Å²) in [5.41, 5.74) is 4.44. The monoisotopic (exact) mass is 515 g/mol. The summed E-state index contributed by atoms with van der Waals surface area (Å²) >= 11 is 0. The van der Waals surface area contributed by atoms with Gasteiger partial charge < -0.3 is 24.3 Å². The van der Waals surface area contributed by atoms with Gasteiger partial charge >= 0.3 is 10.1 Å². The van der Waals surface area contributed by atoms with Gasteiger partial charge in [-0.1, -0.05) is 18.2 Å². The van der Waals surface area contributed by atoms with Crippen LogP contribution in [-0.4, -0.2) is 41.2 Å². The molecule has 0 fully saturated rings. The number of aryl methyl sites for hydroxylation is 1. The van der Waals surface area contributed by atoms with Gasteiger partial charge in [-0.05, 0) is 60.7 Å². The molecule has 2 aromatic heterocycles. The molecule has 11 heteroatoms. The number of rotatable bonds is 8. The summed E-state index contributed by atoms with van der Waals surface area (Å²) in [5.74, 6) is 2.07. The molecule has 0 unspecified atom stereocenters. The minimum atomic E-state index is -3.58. The van der Waals surface area contributed by atoms with Gasteiger partial charge in [0.2, 0.25) is 11.9 Å². The van der Waals surface area contributed by atoms with Gasteiger partial charge in [-0.15, -0.1) is 0 Å². The molecule has 188 valence electrons. The third-order valence-corrected chi connectivity index (χ3v) is 6.12. The largest absolute Gasteiger partial charge is 0.383 e. The first kappa shape index (κ1) is 24.1. The zero-order valence-corrected chi connectivity index (χ0v) is 21.3. The van der Waals surface area contributed by atoms with Crippen LogP contribution < -0.4 is 19.7 Å². The molecule has 3 aromatic carbocycles. The van der Waals surface area contributed by atoms with Crippen molar-refractivity contribution in [1.82, 2.24) is 19.5 Å². The molecule has 5 aromatic rings. The zero-order chi connectivity index (χ0) is 26.0. The van der Waals surface area contributed by atoms with Crippen LogP contribution in [0.2, 0.25) is 0 Å². The third-order valence-electron chi connectivity index (χ3n) is 5.62. The van der Waals surface area contributed by atoms with E-state index in [9.17, 15) is 8.42 Å². The molecule has 0 atom stereocenters. The summed E-state index contributed by atoms with van der Waals surface area (Å²) in [6, 6.07) is 24.3. The summed E-state index contributed by atoms with van der Waals surface area (Å²) in [6.07, 6.45) is 2.67. The Bertz CT molecular complexity index is 1650. The Morgan fingerprint density at radius 3 is 2.35 bits per heavy atom. The van der Waals surface area contributed by atoms with Gasteiger partial charge in [0, 0.05) is 37.4 Å². The van der Waals surface area contributed by atoms with Crippen molar-refractivity contribution in [3.63, 3.8) is 0 Å². The summed E-state index contributed by atoms with van der Waals surface area (Å²) in [7, 11) is 0.326. The quantitative estimate of drug-likeness (QED) is 0.277. The fraction of sp³-hybridized carbons (Fsp3) is 0.115. The molecule has 2 N–H and O–H groups in total. The van der Waals surface area contributed by atoms with E-state index in [1.165, 1.54) is 0 Å². The number of benzene rings is 3. The van der Waals surface area contributed by atoms with Crippen molar-refractivity contribution in [1.29, 1.82) is 0 Å². The highest BCUT2D eigenvalue weighted by Gasteiger charge is 2.13. The van der Waals surface area contributed by atoms with Crippen molar-refractivity contribution < 1.29 is 12.6 Å². The van der Waals surface area contributed by atoms with Crippen molar-refractivity contribution in [2.75, 3.05) is 28.8 Å². The summed E-state index contributed by atoms with van der Waals surface area (Å²) < 4.78 is 29.5.